The third-order valence-electron chi connectivity index (χ3n) is 1.82. The van der Waals surface area contributed by atoms with Gasteiger partial charge in [0.2, 0.25) is 11.5 Å². The molecule has 1 aromatic carbocycles. The van der Waals surface area contributed by atoms with Crippen molar-refractivity contribution < 1.29 is 27.0 Å². The molecular formula is C8H6O6S. The van der Waals surface area contributed by atoms with Gasteiger partial charge in [-0.05, 0) is 0 Å². The second kappa shape index (κ2) is 2.80. The summed E-state index contributed by atoms with van der Waals surface area (Å²) >= 11 is 0. The van der Waals surface area contributed by atoms with Gasteiger partial charge in [0, 0.05) is 6.07 Å². The van der Waals surface area contributed by atoms with E-state index in [1.807, 2.05) is 0 Å². The molecule has 15 heavy (non-hydrogen) atoms. The van der Waals surface area contributed by atoms with E-state index < -0.39 is 21.9 Å². The lowest BCUT2D eigenvalue weighted by Crippen LogP contribution is -2.21. The predicted molar refractivity (Wildman–Crippen MR) is 50.0 cm³/mol. The van der Waals surface area contributed by atoms with Crippen LogP contribution in [0.1, 0.15) is 5.56 Å². The zero-order valence-corrected chi connectivity index (χ0v) is 8.11. The summed E-state index contributed by atoms with van der Waals surface area (Å²) in [6.45, 7) is 3.41. The molecule has 1 heterocycles. The Balaban J connectivity index is 2.80. The van der Waals surface area contributed by atoms with Crippen LogP contribution in [0.2, 0.25) is 0 Å². The Morgan fingerprint density at radius 3 is 2.60 bits per heavy atom. The topological polar surface area (TPSA) is 93.1 Å². The Bertz CT molecular complexity index is 545. The van der Waals surface area contributed by atoms with Crippen molar-refractivity contribution in [2.24, 2.45) is 0 Å². The molecule has 0 fully saturated rings. The van der Waals surface area contributed by atoms with Gasteiger partial charge >= 0.3 is 10.4 Å². The molecule has 80 valence electrons. The number of rotatable bonds is 1. The Kier molecular flexibility index (Phi) is 1.80. The SMILES string of the molecule is C=Cc1c2cc(O)c(O)c1OS(=O)(=O)O2. The summed E-state index contributed by atoms with van der Waals surface area (Å²) in [4.78, 5) is 0. The first-order chi connectivity index (χ1) is 6.94. The van der Waals surface area contributed by atoms with Crippen LogP contribution in [0.15, 0.2) is 12.6 Å². The minimum absolute atomic E-state index is 0.137. The van der Waals surface area contributed by atoms with Gasteiger partial charge in [-0.25, -0.2) is 0 Å². The van der Waals surface area contributed by atoms with Crippen molar-refractivity contribution in [3.8, 4) is 23.0 Å². The van der Waals surface area contributed by atoms with Crippen LogP contribution in [0, 0.1) is 0 Å². The van der Waals surface area contributed by atoms with Crippen molar-refractivity contribution in [3.63, 3.8) is 0 Å². The molecule has 0 saturated carbocycles. The van der Waals surface area contributed by atoms with Gasteiger partial charge in [0.15, 0.2) is 11.5 Å². The summed E-state index contributed by atoms with van der Waals surface area (Å²) in [6, 6.07) is 0.968. The molecule has 1 aliphatic rings. The molecule has 0 amide bonds. The van der Waals surface area contributed by atoms with E-state index in [9.17, 15) is 18.6 Å². The minimum atomic E-state index is -4.22. The number of fused-ring (bicyclic) bond motifs is 2. The van der Waals surface area contributed by atoms with Crippen LogP contribution in [0.25, 0.3) is 6.08 Å². The maximum atomic E-state index is 11.0. The quantitative estimate of drug-likeness (QED) is 0.692. The maximum absolute atomic E-state index is 11.0. The van der Waals surface area contributed by atoms with Gasteiger partial charge in [-0.1, -0.05) is 12.7 Å². The third kappa shape index (κ3) is 1.37. The van der Waals surface area contributed by atoms with Crippen LogP contribution in [0.4, 0.5) is 0 Å². The predicted octanol–water partition coefficient (Wildman–Crippen LogP) is 0.757. The molecular weight excluding hydrogens is 224 g/mol. The number of aromatic hydroxyl groups is 2. The second-order valence-corrected chi connectivity index (χ2v) is 3.91. The molecule has 0 unspecified atom stereocenters. The van der Waals surface area contributed by atoms with Crippen molar-refractivity contribution in [1.82, 2.24) is 0 Å². The zero-order chi connectivity index (χ0) is 11.2. The summed E-state index contributed by atoms with van der Waals surface area (Å²) in [7, 11) is -4.22. The molecule has 0 atom stereocenters. The molecule has 0 saturated heterocycles. The summed E-state index contributed by atoms with van der Waals surface area (Å²) in [5.41, 5.74) is 0.167. The van der Waals surface area contributed by atoms with Gasteiger partial charge < -0.3 is 18.6 Å². The molecule has 0 aromatic heterocycles. The summed E-state index contributed by atoms with van der Waals surface area (Å²) in [6.07, 6.45) is 1.25. The van der Waals surface area contributed by atoms with Gasteiger partial charge in [0.1, 0.15) is 0 Å². The average molecular weight is 230 g/mol. The molecule has 1 aliphatic heterocycles. The van der Waals surface area contributed by atoms with E-state index >= 15 is 0 Å². The third-order valence-corrected chi connectivity index (χ3v) is 2.57. The standard InChI is InChI=1S/C8H6O6S/c1-2-4-6-3-5(9)7(10)8(4)14-15(11,12)13-6/h2-3,9-10H,1H2. The Hall–Kier alpha value is -1.89. The van der Waals surface area contributed by atoms with Gasteiger partial charge in [0.05, 0.1) is 5.56 Å². The Labute approximate surface area is 85.3 Å². The van der Waals surface area contributed by atoms with Crippen molar-refractivity contribution in [2.75, 3.05) is 0 Å². The average Bonchev–Trinajstić information content (AvgIpc) is 2.12. The summed E-state index contributed by atoms with van der Waals surface area (Å²) < 4.78 is 30.8. The number of benzene rings is 1. The second-order valence-electron chi connectivity index (χ2n) is 2.76. The first-order valence-corrected chi connectivity index (χ1v) is 5.13. The van der Waals surface area contributed by atoms with Crippen LogP contribution in [-0.2, 0) is 10.4 Å². The highest BCUT2D eigenvalue weighted by molar-refractivity contribution is 7.82. The lowest BCUT2D eigenvalue weighted by Gasteiger charge is -2.19. The molecule has 2 N–H and O–H groups in total. The van der Waals surface area contributed by atoms with Crippen LogP contribution in [0.5, 0.6) is 23.0 Å². The first kappa shape index (κ1) is 9.66. The zero-order valence-electron chi connectivity index (χ0n) is 7.30. The number of phenols is 2. The molecule has 2 bridgehead atoms. The van der Waals surface area contributed by atoms with E-state index in [0.717, 1.165) is 6.07 Å². The fourth-order valence-corrected chi connectivity index (χ4v) is 1.97. The fourth-order valence-electron chi connectivity index (χ4n) is 1.20. The van der Waals surface area contributed by atoms with E-state index in [0.29, 0.717) is 0 Å². The van der Waals surface area contributed by atoms with Gasteiger partial charge in [0.25, 0.3) is 0 Å². The Morgan fingerprint density at radius 2 is 2.00 bits per heavy atom. The number of phenolic OH excluding ortho intramolecular Hbond substituents is 2. The van der Waals surface area contributed by atoms with Crippen LogP contribution < -0.4 is 8.37 Å². The number of hydrogen-bond donors (Lipinski definition) is 2. The summed E-state index contributed by atoms with van der Waals surface area (Å²) in [5, 5.41) is 18.6. The van der Waals surface area contributed by atoms with Gasteiger partial charge in [-0.3, -0.25) is 0 Å². The highest BCUT2D eigenvalue weighted by Crippen LogP contribution is 2.47. The van der Waals surface area contributed by atoms with E-state index in [4.69, 9.17) is 0 Å². The minimum Gasteiger partial charge on any atom is -0.504 e. The highest BCUT2D eigenvalue weighted by Gasteiger charge is 2.31. The van der Waals surface area contributed by atoms with Crippen LogP contribution >= 0.6 is 0 Å². The van der Waals surface area contributed by atoms with Gasteiger partial charge in [-0.2, -0.15) is 0 Å². The maximum Gasteiger partial charge on any atom is 0.501 e. The number of hydrogen-bond acceptors (Lipinski definition) is 6. The lowest BCUT2D eigenvalue weighted by molar-refractivity contribution is 0.341. The monoisotopic (exact) mass is 230 g/mol. The van der Waals surface area contributed by atoms with E-state index in [-0.39, 0.29) is 17.1 Å². The van der Waals surface area contributed by atoms with E-state index in [1.165, 1.54) is 6.08 Å². The molecule has 6 nitrogen and oxygen atoms in total. The molecule has 2 rings (SSSR count). The summed E-state index contributed by atoms with van der Waals surface area (Å²) in [5.74, 6) is -1.71. The molecule has 0 spiro atoms. The molecule has 7 heteroatoms. The smallest absolute Gasteiger partial charge is 0.501 e. The Morgan fingerprint density at radius 1 is 1.33 bits per heavy atom. The van der Waals surface area contributed by atoms with Crippen LogP contribution in [-0.4, -0.2) is 18.6 Å². The van der Waals surface area contributed by atoms with Crippen molar-refractivity contribution >= 4 is 16.5 Å². The molecule has 0 radical (unpaired) electrons. The first-order valence-electron chi connectivity index (χ1n) is 3.80. The van der Waals surface area contributed by atoms with Gasteiger partial charge in [-0.15, -0.1) is 8.42 Å². The van der Waals surface area contributed by atoms with Crippen molar-refractivity contribution in [1.29, 1.82) is 0 Å². The van der Waals surface area contributed by atoms with E-state index in [1.54, 1.807) is 0 Å². The largest absolute Gasteiger partial charge is 0.504 e. The van der Waals surface area contributed by atoms with Crippen molar-refractivity contribution in [3.05, 3.63) is 18.2 Å². The molecule has 1 aromatic rings. The molecule has 0 aliphatic carbocycles. The normalized spacial score (nSPS) is 16.3. The van der Waals surface area contributed by atoms with Crippen LogP contribution in [0.3, 0.4) is 0 Å². The fraction of sp³-hybridized carbons (Fsp3) is 0. The lowest BCUT2D eigenvalue weighted by atomic mass is 10.1. The van der Waals surface area contributed by atoms with E-state index in [2.05, 4.69) is 14.9 Å². The van der Waals surface area contributed by atoms with Crippen molar-refractivity contribution in [2.45, 2.75) is 0 Å². The highest BCUT2D eigenvalue weighted by atomic mass is 32.3.